The Balaban J connectivity index is 2.55. The summed E-state index contributed by atoms with van der Waals surface area (Å²) in [5.41, 5.74) is 1.84. The Bertz CT molecular complexity index is 888. The van der Waals surface area contributed by atoms with Crippen LogP contribution in [0.2, 0.25) is 0 Å². The second-order valence-corrected chi connectivity index (χ2v) is 9.07. The molecular weight excluding hydrogens is 350 g/mol. The molecule has 0 N–H and O–H groups in total. The molecule has 0 saturated carbocycles. The lowest BCUT2D eigenvalue weighted by Gasteiger charge is -2.30. The summed E-state index contributed by atoms with van der Waals surface area (Å²) in [6.45, 7) is 17.0. The maximum absolute atomic E-state index is 13.1. The molecule has 1 aliphatic rings. The molecule has 0 bridgehead atoms. The largest absolute Gasteiger partial charge is 0.440 e. The fourth-order valence-corrected chi connectivity index (χ4v) is 4.55. The lowest BCUT2D eigenvalue weighted by atomic mass is 9.89. The first-order valence-corrected chi connectivity index (χ1v) is 9.69. The van der Waals surface area contributed by atoms with Crippen LogP contribution in [-0.2, 0) is 14.8 Å². The van der Waals surface area contributed by atoms with E-state index in [-0.39, 0.29) is 4.90 Å². The van der Waals surface area contributed by atoms with Gasteiger partial charge in [-0.25, -0.2) is 13.2 Å². The summed E-state index contributed by atoms with van der Waals surface area (Å²) in [6.07, 6.45) is 0.893. The van der Waals surface area contributed by atoms with Crippen LogP contribution in [0.1, 0.15) is 33.3 Å². The van der Waals surface area contributed by atoms with Crippen molar-refractivity contribution in [2.24, 2.45) is 0 Å². The number of hydrogen-bond acceptors (Lipinski definition) is 4. The first-order valence-electron chi connectivity index (χ1n) is 8.25. The number of carbonyl (C=O) groups is 1. The average molecular weight is 375 g/mol. The Hall–Kier alpha value is -2.34. The quantitative estimate of drug-likeness (QED) is 0.717. The molecule has 1 amide bonds. The van der Waals surface area contributed by atoms with E-state index in [4.69, 9.17) is 4.74 Å². The Morgan fingerprint density at radius 2 is 1.73 bits per heavy atom. The molecule has 5 nitrogen and oxygen atoms in total. The monoisotopic (exact) mass is 375 g/mol. The van der Waals surface area contributed by atoms with Gasteiger partial charge in [-0.15, -0.1) is 0 Å². The molecule has 2 rings (SSSR count). The maximum atomic E-state index is 13.1. The summed E-state index contributed by atoms with van der Waals surface area (Å²) in [5, 5.41) is 0. The van der Waals surface area contributed by atoms with Gasteiger partial charge in [0.1, 0.15) is 11.6 Å². The van der Waals surface area contributed by atoms with Crippen molar-refractivity contribution in [2.45, 2.75) is 51.2 Å². The number of hydrogen-bond donors (Lipinski definition) is 0. The molecule has 1 unspecified atom stereocenters. The number of allylic oxidation sites excluding steroid dienone is 2. The van der Waals surface area contributed by atoms with Crippen molar-refractivity contribution in [3.8, 4) is 0 Å². The number of aryl methyl sites for hydroxylation is 1. The first-order chi connectivity index (χ1) is 11.9. The van der Waals surface area contributed by atoms with Crippen molar-refractivity contribution < 1.29 is 17.9 Å². The van der Waals surface area contributed by atoms with Gasteiger partial charge in [-0.3, -0.25) is 0 Å². The molecule has 0 aromatic heterocycles. The minimum absolute atomic E-state index is 0.0309. The molecular formula is C20H25NO4S. The third kappa shape index (κ3) is 3.60. The van der Waals surface area contributed by atoms with E-state index in [9.17, 15) is 13.2 Å². The SMILES string of the molecule is C=C(C=C(C)C)C(=C)C1N(S(=O)(=O)c2ccc(C)cc2)C(=O)OC1(C)C. The van der Waals surface area contributed by atoms with E-state index in [0.29, 0.717) is 11.1 Å². The highest BCUT2D eigenvalue weighted by Gasteiger charge is 2.54. The van der Waals surface area contributed by atoms with Gasteiger partial charge in [-0.05, 0) is 57.9 Å². The minimum atomic E-state index is -4.10. The van der Waals surface area contributed by atoms with Crippen molar-refractivity contribution in [1.82, 2.24) is 4.31 Å². The van der Waals surface area contributed by atoms with E-state index in [1.54, 1.807) is 32.1 Å². The van der Waals surface area contributed by atoms with Crippen LogP contribution >= 0.6 is 0 Å². The van der Waals surface area contributed by atoms with Crippen LogP contribution in [0.15, 0.2) is 65.1 Å². The molecule has 6 heteroatoms. The zero-order chi connectivity index (χ0) is 19.9. The normalized spacial score (nSPS) is 19.0. The van der Waals surface area contributed by atoms with Crippen LogP contribution in [0.4, 0.5) is 4.79 Å². The summed E-state index contributed by atoms with van der Waals surface area (Å²) in [4.78, 5) is 12.5. The molecule has 1 atom stereocenters. The fraction of sp³-hybridized carbons (Fsp3) is 0.350. The van der Waals surface area contributed by atoms with E-state index in [1.807, 2.05) is 20.8 Å². The van der Waals surface area contributed by atoms with Gasteiger partial charge >= 0.3 is 6.09 Å². The highest BCUT2D eigenvalue weighted by atomic mass is 32.2. The van der Waals surface area contributed by atoms with Gasteiger partial charge < -0.3 is 4.74 Å². The highest BCUT2D eigenvalue weighted by Crippen LogP contribution is 2.39. The molecule has 1 aliphatic heterocycles. The van der Waals surface area contributed by atoms with E-state index < -0.39 is 27.8 Å². The van der Waals surface area contributed by atoms with Gasteiger partial charge in [0.05, 0.1) is 4.90 Å². The lowest BCUT2D eigenvalue weighted by molar-refractivity contribution is 0.0751. The molecule has 140 valence electrons. The van der Waals surface area contributed by atoms with Crippen LogP contribution in [0, 0.1) is 6.92 Å². The van der Waals surface area contributed by atoms with Crippen molar-refractivity contribution in [3.05, 3.63) is 65.8 Å². The van der Waals surface area contributed by atoms with Gasteiger partial charge in [0.25, 0.3) is 10.0 Å². The van der Waals surface area contributed by atoms with Gasteiger partial charge in [-0.1, -0.05) is 42.5 Å². The van der Waals surface area contributed by atoms with Gasteiger partial charge in [0.2, 0.25) is 0 Å². The summed E-state index contributed by atoms with van der Waals surface area (Å²) < 4.78 is 32.4. The van der Waals surface area contributed by atoms with Crippen LogP contribution in [0.25, 0.3) is 0 Å². The maximum Gasteiger partial charge on any atom is 0.425 e. The van der Waals surface area contributed by atoms with E-state index in [0.717, 1.165) is 15.4 Å². The molecule has 0 radical (unpaired) electrons. The van der Waals surface area contributed by atoms with Crippen LogP contribution in [0.5, 0.6) is 0 Å². The summed E-state index contributed by atoms with van der Waals surface area (Å²) in [6, 6.07) is 5.45. The third-order valence-corrected chi connectivity index (χ3v) is 5.95. The second kappa shape index (κ2) is 6.76. The predicted octanol–water partition coefficient (Wildman–Crippen LogP) is 4.36. The lowest BCUT2D eigenvalue weighted by Crippen LogP contribution is -2.46. The van der Waals surface area contributed by atoms with Crippen molar-refractivity contribution >= 4 is 16.1 Å². The molecule has 0 spiro atoms. The smallest absolute Gasteiger partial charge is 0.425 e. The van der Waals surface area contributed by atoms with Gasteiger partial charge in [0.15, 0.2) is 0 Å². The summed E-state index contributed by atoms with van der Waals surface area (Å²) in [7, 11) is -4.10. The standard InChI is InChI=1S/C20H25NO4S/c1-13(2)12-15(4)16(5)18-20(6,7)25-19(22)21(18)26(23,24)17-10-8-14(3)9-11-17/h8-12,18H,4-5H2,1-3,6-7H3. The van der Waals surface area contributed by atoms with E-state index >= 15 is 0 Å². The number of cyclic esters (lactones) is 1. The number of ether oxygens (including phenoxy) is 1. The number of nitrogens with zero attached hydrogens (tertiary/aromatic N) is 1. The fourth-order valence-electron chi connectivity index (χ4n) is 2.95. The van der Waals surface area contributed by atoms with Crippen molar-refractivity contribution in [3.63, 3.8) is 0 Å². The molecule has 26 heavy (non-hydrogen) atoms. The average Bonchev–Trinajstić information content (AvgIpc) is 2.75. The number of amides is 1. The van der Waals surface area contributed by atoms with E-state index in [2.05, 4.69) is 13.2 Å². The zero-order valence-electron chi connectivity index (χ0n) is 15.9. The zero-order valence-corrected chi connectivity index (χ0v) is 16.7. The Morgan fingerprint density at radius 3 is 2.23 bits per heavy atom. The topological polar surface area (TPSA) is 63.7 Å². The van der Waals surface area contributed by atoms with Crippen molar-refractivity contribution in [2.75, 3.05) is 0 Å². The second-order valence-electron chi connectivity index (χ2n) is 7.26. The van der Waals surface area contributed by atoms with Crippen molar-refractivity contribution in [1.29, 1.82) is 0 Å². The molecule has 1 heterocycles. The predicted molar refractivity (Wildman–Crippen MR) is 102 cm³/mol. The summed E-state index contributed by atoms with van der Waals surface area (Å²) in [5.74, 6) is 0. The molecule has 0 aliphatic carbocycles. The molecule has 1 fully saturated rings. The number of carbonyl (C=O) groups excluding carboxylic acids is 1. The molecule has 1 aromatic rings. The highest BCUT2D eigenvalue weighted by molar-refractivity contribution is 7.89. The Labute approximate surface area is 155 Å². The Morgan fingerprint density at radius 1 is 1.19 bits per heavy atom. The number of rotatable bonds is 5. The molecule has 1 aromatic carbocycles. The number of sulfonamides is 1. The van der Waals surface area contributed by atoms with Crippen LogP contribution in [0.3, 0.4) is 0 Å². The van der Waals surface area contributed by atoms with E-state index in [1.165, 1.54) is 12.1 Å². The first kappa shape index (κ1) is 20.0. The van der Waals surface area contributed by atoms with Crippen LogP contribution in [-0.4, -0.2) is 30.5 Å². The minimum Gasteiger partial charge on any atom is -0.440 e. The number of benzene rings is 1. The van der Waals surface area contributed by atoms with Gasteiger partial charge in [0, 0.05) is 0 Å². The molecule has 1 saturated heterocycles. The Kier molecular flexibility index (Phi) is 5.19. The third-order valence-electron chi connectivity index (χ3n) is 4.21. The van der Waals surface area contributed by atoms with Crippen LogP contribution < -0.4 is 0 Å². The summed E-state index contributed by atoms with van der Waals surface area (Å²) >= 11 is 0. The van der Waals surface area contributed by atoms with Gasteiger partial charge in [-0.2, -0.15) is 4.31 Å².